The van der Waals surface area contributed by atoms with E-state index in [-0.39, 0.29) is 0 Å². The molecule has 0 bridgehead atoms. The molecule has 6 heteroatoms. The molecule has 0 saturated heterocycles. The zero-order valence-electron chi connectivity index (χ0n) is 20.5. The molecule has 0 aliphatic heterocycles. The third-order valence-corrected chi connectivity index (χ3v) is 6.60. The van der Waals surface area contributed by atoms with Crippen LogP contribution in [0, 0.1) is 0 Å². The molecule has 3 aromatic carbocycles. The van der Waals surface area contributed by atoms with Gasteiger partial charge in [0, 0.05) is 0 Å². The molecule has 0 aliphatic rings. The summed E-state index contributed by atoms with van der Waals surface area (Å²) in [4.78, 5) is 24.5. The minimum atomic E-state index is -0.723. The van der Waals surface area contributed by atoms with Crippen LogP contribution >= 0.6 is 11.8 Å². The average Bonchev–Trinajstić information content (AvgIpc) is 2.86. The van der Waals surface area contributed by atoms with Crippen LogP contribution in [-0.2, 0) is 19.0 Å². The second-order valence-electron chi connectivity index (χ2n) is 8.82. The molecule has 0 aliphatic carbocycles. The quantitative estimate of drug-likeness (QED) is 0.284. The molecule has 0 atom stereocenters. The lowest BCUT2D eigenvalue weighted by atomic mass is 9.84. The highest BCUT2D eigenvalue weighted by molar-refractivity contribution is 8.04. The lowest BCUT2D eigenvalue weighted by Crippen LogP contribution is -2.32. The lowest BCUT2D eigenvalue weighted by Gasteiger charge is -2.36. The van der Waals surface area contributed by atoms with Crippen molar-refractivity contribution in [3.8, 4) is 0 Å². The summed E-state index contributed by atoms with van der Waals surface area (Å²) in [7, 11) is 0. The molecule has 1 amide bonds. The smallest absolute Gasteiger partial charge is 0.412 e. The Morgan fingerprint density at radius 3 is 1.60 bits per heavy atom. The largest absolute Gasteiger partial charge is 0.457 e. The highest BCUT2D eigenvalue weighted by Crippen LogP contribution is 2.50. The second-order valence-corrected chi connectivity index (χ2v) is 10.1. The fraction of sp³-hybridized carbons (Fsp3) is 0.241. The molecule has 35 heavy (non-hydrogen) atoms. The summed E-state index contributed by atoms with van der Waals surface area (Å²) in [6, 6.07) is 30.5. The van der Waals surface area contributed by atoms with Crippen LogP contribution in [0.25, 0.3) is 0 Å². The number of carbonyl (C=O) groups excluding carboxylic acids is 2. The topological polar surface area (TPSA) is 64.6 Å². The van der Waals surface area contributed by atoms with Gasteiger partial charge in [-0.2, -0.15) is 0 Å². The van der Waals surface area contributed by atoms with Crippen LogP contribution in [0.1, 0.15) is 44.4 Å². The molecule has 0 saturated carbocycles. The van der Waals surface area contributed by atoms with Crippen molar-refractivity contribution in [2.45, 2.75) is 38.0 Å². The number of hydrogen-bond donors (Lipinski definition) is 1. The van der Waals surface area contributed by atoms with E-state index < -0.39 is 29.0 Å². The Hall–Kier alpha value is -3.51. The first-order valence-electron chi connectivity index (χ1n) is 11.4. The number of thioether (sulfide) groups is 1. The summed E-state index contributed by atoms with van der Waals surface area (Å²) < 4.78 is 9.70. The third kappa shape index (κ3) is 6.99. The molecule has 0 fully saturated rings. The molecular weight excluding hydrogens is 458 g/mol. The summed E-state index contributed by atoms with van der Waals surface area (Å²) in [5.41, 5.74) is 2.53. The van der Waals surface area contributed by atoms with Gasteiger partial charge in [0.1, 0.15) is 5.60 Å². The Morgan fingerprint density at radius 2 is 1.23 bits per heavy atom. The number of amides is 1. The number of allylic oxidation sites excluding steroid dienone is 1. The Labute approximate surface area is 211 Å². The van der Waals surface area contributed by atoms with Crippen molar-refractivity contribution in [1.82, 2.24) is 5.32 Å². The molecule has 0 radical (unpaired) electrons. The molecule has 1 N–H and O–H groups in total. The molecule has 0 unspecified atom stereocenters. The maximum Gasteiger partial charge on any atom is 0.412 e. The summed E-state index contributed by atoms with van der Waals surface area (Å²) in [5, 5.41) is 3.40. The van der Waals surface area contributed by atoms with Gasteiger partial charge in [-0.1, -0.05) is 109 Å². The molecule has 0 aromatic heterocycles. The molecular formula is C29H31NO4S. The number of esters is 1. The predicted octanol–water partition coefficient (Wildman–Crippen LogP) is 6.64. The van der Waals surface area contributed by atoms with Crippen molar-refractivity contribution in [1.29, 1.82) is 0 Å². The van der Waals surface area contributed by atoms with Crippen LogP contribution < -0.4 is 5.32 Å². The fourth-order valence-corrected chi connectivity index (χ4v) is 4.99. The minimum Gasteiger partial charge on any atom is -0.457 e. The van der Waals surface area contributed by atoms with Crippen molar-refractivity contribution < 1.29 is 19.1 Å². The molecule has 0 heterocycles. The van der Waals surface area contributed by atoms with Gasteiger partial charge >= 0.3 is 12.1 Å². The number of nitrogens with one attached hydrogen (secondary N) is 1. The minimum absolute atomic E-state index is 0.466. The van der Waals surface area contributed by atoms with Gasteiger partial charge < -0.3 is 9.47 Å². The van der Waals surface area contributed by atoms with Crippen molar-refractivity contribution in [3.05, 3.63) is 119 Å². The van der Waals surface area contributed by atoms with E-state index >= 15 is 0 Å². The summed E-state index contributed by atoms with van der Waals surface area (Å²) >= 11 is 1.50. The van der Waals surface area contributed by atoms with E-state index in [1.54, 1.807) is 20.8 Å². The first kappa shape index (κ1) is 26.1. The van der Waals surface area contributed by atoms with Crippen molar-refractivity contribution in [2.24, 2.45) is 0 Å². The van der Waals surface area contributed by atoms with Gasteiger partial charge in [0.2, 0.25) is 0 Å². The van der Waals surface area contributed by atoms with E-state index in [0.717, 1.165) is 16.7 Å². The number of ether oxygens (including phenoxy) is 2. The van der Waals surface area contributed by atoms with Gasteiger partial charge in [-0.15, -0.1) is 0 Å². The van der Waals surface area contributed by atoms with E-state index in [0.29, 0.717) is 5.03 Å². The monoisotopic (exact) mass is 489 g/mol. The number of alkyl carbamates (subject to hydrolysis) is 1. The third-order valence-electron chi connectivity index (χ3n) is 5.03. The van der Waals surface area contributed by atoms with Crippen LogP contribution in [0.4, 0.5) is 4.79 Å². The first-order valence-corrected chi connectivity index (χ1v) is 12.2. The van der Waals surface area contributed by atoms with Crippen LogP contribution in [-0.4, -0.2) is 24.3 Å². The first-order chi connectivity index (χ1) is 16.7. The van der Waals surface area contributed by atoms with Crippen molar-refractivity contribution in [2.75, 3.05) is 6.61 Å². The maximum atomic E-state index is 12.6. The predicted molar refractivity (Wildman–Crippen MR) is 141 cm³/mol. The average molecular weight is 490 g/mol. The summed E-state index contributed by atoms with van der Waals surface area (Å²) in [5.74, 6) is -0.602. The highest BCUT2D eigenvalue weighted by Gasteiger charge is 2.38. The molecule has 3 rings (SSSR count). The van der Waals surface area contributed by atoms with Gasteiger partial charge in [-0.25, -0.2) is 9.59 Å². The molecule has 182 valence electrons. The fourth-order valence-electron chi connectivity index (χ4n) is 3.65. The van der Waals surface area contributed by atoms with Gasteiger partial charge in [0.05, 0.1) is 9.78 Å². The Balaban J connectivity index is 1.93. The van der Waals surface area contributed by atoms with E-state index in [9.17, 15) is 9.59 Å². The van der Waals surface area contributed by atoms with Crippen LogP contribution in [0.2, 0.25) is 0 Å². The van der Waals surface area contributed by atoms with E-state index in [1.807, 2.05) is 67.6 Å². The van der Waals surface area contributed by atoms with Crippen LogP contribution in [0.15, 0.2) is 102 Å². The summed E-state index contributed by atoms with van der Waals surface area (Å²) in [6.07, 6.45) is 1.10. The van der Waals surface area contributed by atoms with E-state index in [1.165, 1.54) is 11.8 Å². The second kappa shape index (κ2) is 11.8. The number of carbonyl (C=O) groups is 2. The molecule has 5 nitrogen and oxygen atoms in total. The Kier molecular flexibility index (Phi) is 8.77. The Bertz CT molecular complexity index is 1040. The van der Waals surface area contributed by atoms with E-state index in [2.05, 4.69) is 41.7 Å². The number of hydrogen-bond acceptors (Lipinski definition) is 5. The van der Waals surface area contributed by atoms with Gasteiger partial charge in [-0.05, 0) is 44.4 Å². The normalized spacial score (nSPS) is 12.1. The van der Waals surface area contributed by atoms with E-state index in [4.69, 9.17) is 9.47 Å². The lowest BCUT2D eigenvalue weighted by molar-refractivity contribution is -0.158. The van der Waals surface area contributed by atoms with Gasteiger partial charge in [-0.3, -0.25) is 5.32 Å². The van der Waals surface area contributed by atoms with Crippen LogP contribution in [0.3, 0.4) is 0 Å². The number of benzene rings is 3. The molecule has 0 spiro atoms. The standard InChI is InChI=1S/C29H31NO4S/c1-5-25(30-27(32)33-21-26(31)34-28(2,3)4)35-29(22-15-9-6-10-16-22,23-17-11-7-12-18-23)24-19-13-8-14-20-24/h5-20H,21H2,1-4H3,(H,30,32)/b25-5-. The zero-order chi connectivity index (χ0) is 25.3. The summed E-state index contributed by atoms with van der Waals surface area (Å²) in [6.45, 7) is 6.66. The van der Waals surface area contributed by atoms with Gasteiger partial charge in [0.15, 0.2) is 6.61 Å². The SMILES string of the molecule is C/C=C(/NC(=O)OCC(=O)OC(C)(C)C)SC(c1ccccc1)(c1ccccc1)c1ccccc1. The van der Waals surface area contributed by atoms with Crippen LogP contribution in [0.5, 0.6) is 0 Å². The number of rotatable bonds is 8. The zero-order valence-corrected chi connectivity index (χ0v) is 21.3. The highest BCUT2D eigenvalue weighted by atomic mass is 32.2. The van der Waals surface area contributed by atoms with Crippen molar-refractivity contribution in [3.63, 3.8) is 0 Å². The van der Waals surface area contributed by atoms with Gasteiger partial charge in [0.25, 0.3) is 0 Å². The van der Waals surface area contributed by atoms with Crippen molar-refractivity contribution >= 4 is 23.8 Å². The molecule has 3 aromatic rings. The maximum absolute atomic E-state index is 12.6. The Morgan fingerprint density at radius 1 is 0.800 bits per heavy atom.